The zero-order valence-corrected chi connectivity index (χ0v) is 18.6. The summed E-state index contributed by atoms with van der Waals surface area (Å²) in [4.78, 5) is 31.7. The molecule has 0 bridgehead atoms. The van der Waals surface area contributed by atoms with Gasteiger partial charge in [0.15, 0.2) is 22.9 Å². The zero-order chi connectivity index (χ0) is 24.1. The number of furan rings is 2. The third kappa shape index (κ3) is 3.22. The number of fused-ring (bicyclic) bond motifs is 2. The minimum Gasteiger partial charge on any atom is -0.503 e. The van der Waals surface area contributed by atoms with Gasteiger partial charge in [0.2, 0.25) is 5.78 Å². The highest BCUT2D eigenvalue weighted by atomic mass is 16.5. The van der Waals surface area contributed by atoms with Gasteiger partial charge in [-0.15, -0.1) is 0 Å². The average molecular weight is 468 g/mol. The molecule has 174 valence electrons. The quantitative estimate of drug-likeness (QED) is 0.328. The number of hydrogen-bond acceptors (Lipinski definition) is 6. The molecule has 0 saturated heterocycles. The average Bonchev–Trinajstić information content (AvgIpc) is 3.66. The highest BCUT2D eigenvalue weighted by molar-refractivity contribution is 6.16. The molecule has 0 saturated carbocycles. The molecule has 5 aromatic rings. The minimum atomic E-state index is -0.855. The first-order valence-corrected chi connectivity index (χ1v) is 11.0. The van der Waals surface area contributed by atoms with Crippen molar-refractivity contribution in [1.82, 2.24) is 9.88 Å². The molecule has 8 nitrogen and oxygen atoms in total. The van der Waals surface area contributed by atoms with E-state index in [0.717, 1.165) is 10.9 Å². The molecule has 1 unspecified atom stereocenters. The number of carbonyl (C=O) groups excluding carboxylic acids is 2. The highest BCUT2D eigenvalue weighted by Crippen LogP contribution is 2.43. The van der Waals surface area contributed by atoms with Crippen LogP contribution in [0.1, 0.15) is 27.9 Å². The van der Waals surface area contributed by atoms with E-state index in [4.69, 9.17) is 13.6 Å². The van der Waals surface area contributed by atoms with E-state index in [9.17, 15) is 14.7 Å². The van der Waals surface area contributed by atoms with Crippen molar-refractivity contribution in [2.24, 2.45) is 0 Å². The molecule has 6 rings (SSSR count). The normalized spacial score (nSPS) is 16.1. The number of H-pyrrole nitrogens is 1. The monoisotopic (exact) mass is 468 g/mol. The second-order valence-corrected chi connectivity index (χ2v) is 8.29. The number of para-hydroxylation sites is 2. The van der Waals surface area contributed by atoms with E-state index >= 15 is 0 Å². The number of benzene rings is 2. The molecular formula is C27H20N2O6. The van der Waals surface area contributed by atoms with Crippen molar-refractivity contribution in [3.63, 3.8) is 0 Å². The number of carbonyl (C=O) groups is 2. The van der Waals surface area contributed by atoms with E-state index in [-0.39, 0.29) is 17.9 Å². The number of ether oxygens (including phenoxy) is 1. The summed E-state index contributed by atoms with van der Waals surface area (Å²) in [6.45, 7) is 0.0742. The SMILES string of the molecule is COc1cccc2cc(C(=O)C3=C(O)C(=O)N(Cc4ccco4)C3c3c[nH]c4ccccc34)oc12. The van der Waals surface area contributed by atoms with Crippen molar-refractivity contribution < 1.29 is 28.3 Å². The van der Waals surface area contributed by atoms with Crippen molar-refractivity contribution >= 4 is 33.6 Å². The molecule has 4 heterocycles. The fourth-order valence-corrected chi connectivity index (χ4v) is 4.70. The molecule has 2 aromatic carbocycles. The van der Waals surface area contributed by atoms with E-state index in [1.807, 2.05) is 24.3 Å². The Kier molecular flexibility index (Phi) is 4.74. The largest absolute Gasteiger partial charge is 0.503 e. The summed E-state index contributed by atoms with van der Waals surface area (Å²) in [6.07, 6.45) is 3.27. The van der Waals surface area contributed by atoms with Crippen molar-refractivity contribution in [3.05, 3.63) is 102 Å². The van der Waals surface area contributed by atoms with Gasteiger partial charge >= 0.3 is 0 Å². The molecule has 3 aromatic heterocycles. The maximum absolute atomic E-state index is 13.8. The molecule has 1 atom stereocenters. The number of ketones is 1. The third-order valence-corrected chi connectivity index (χ3v) is 6.32. The number of aromatic nitrogens is 1. The van der Waals surface area contributed by atoms with Gasteiger partial charge in [-0.2, -0.15) is 0 Å². The van der Waals surface area contributed by atoms with Gasteiger partial charge in [0.1, 0.15) is 5.76 Å². The molecule has 2 N–H and O–H groups in total. The van der Waals surface area contributed by atoms with Crippen LogP contribution in [0.25, 0.3) is 21.9 Å². The van der Waals surface area contributed by atoms with Crippen LogP contribution in [-0.4, -0.2) is 33.8 Å². The summed E-state index contributed by atoms with van der Waals surface area (Å²) in [6, 6.07) is 17.1. The van der Waals surface area contributed by atoms with Gasteiger partial charge in [0.05, 0.1) is 31.5 Å². The first kappa shape index (κ1) is 20.9. The van der Waals surface area contributed by atoms with Crippen LogP contribution in [0.5, 0.6) is 5.75 Å². The molecular weight excluding hydrogens is 448 g/mol. The predicted molar refractivity (Wildman–Crippen MR) is 127 cm³/mol. The number of rotatable bonds is 6. The number of aliphatic hydroxyl groups is 1. The Hall–Kier alpha value is -4.72. The molecule has 1 aliphatic heterocycles. The Morgan fingerprint density at radius 2 is 2.00 bits per heavy atom. The molecule has 0 spiro atoms. The van der Waals surface area contributed by atoms with Gasteiger partial charge in [-0.1, -0.05) is 30.3 Å². The number of methoxy groups -OCH3 is 1. The molecule has 0 aliphatic carbocycles. The first-order chi connectivity index (χ1) is 17.1. The van der Waals surface area contributed by atoms with Gasteiger partial charge < -0.3 is 28.6 Å². The molecule has 0 fully saturated rings. The Labute approximate surface area is 199 Å². The van der Waals surface area contributed by atoms with E-state index < -0.39 is 23.5 Å². The van der Waals surface area contributed by atoms with Gasteiger partial charge in [0, 0.05) is 28.0 Å². The Morgan fingerprint density at radius 3 is 2.80 bits per heavy atom. The maximum atomic E-state index is 13.8. The molecule has 8 heteroatoms. The fraction of sp³-hybridized carbons (Fsp3) is 0.111. The number of hydrogen-bond donors (Lipinski definition) is 2. The van der Waals surface area contributed by atoms with Crippen LogP contribution < -0.4 is 4.74 Å². The second-order valence-electron chi connectivity index (χ2n) is 8.29. The fourth-order valence-electron chi connectivity index (χ4n) is 4.70. The van der Waals surface area contributed by atoms with Gasteiger partial charge in [0.25, 0.3) is 5.91 Å². The van der Waals surface area contributed by atoms with Crippen LogP contribution >= 0.6 is 0 Å². The third-order valence-electron chi connectivity index (χ3n) is 6.32. The summed E-state index contributed by atoms with van der Waals surface area (Å²) in [5, 5.41) is 12.5. The van der Waals surface area contributed by atoms with E-state index in [1.54, 1.807) is 42.6 Å². The van der Waals surface area contributed by atoms with E-state index in [1.165, 1.54) is 18.3 Å². The van der Waals surface area contributed by atoms with Crippen LogP contribution in [0, 0.1) is 0 Å². The molecule has 0 radical (unpaired) electrons. The van der Waals surface area contributed by atoms with Crippen molar-refractivity contribution in [3.8, 4) is 5.75 Å². The topological polar surface area (TPSA) is 109 Å². The Morgan fingerprint density at radius 1 is 1.14 bits per heavy atom. The maximum Gasteiger partial charge on any atom is 0.290 e. The van der Waals surface area contributed by atoms with E-state index in [2.05, 4.69) is 4.98 Å². The minimum absolute atomic E-state index is 0.00328. The number of Topliss-reactive ketones (excluding diaryl/α,β-unsaturated/α-hetero) is 1. The van der Waals surface area contributed by atoms with Crippen molar-refractivity contribution in [2.75, 3.05) is 7.11 Å². The Balaban J connectivity index is 1.50. The van der Waals surface area contributed by atoms with Crippen molar-refractivity contribution in [2.45, 2.75) is 12.6 Å². The number of aromatic amines is 1. The standard InChI is InChI=1S/C27H20N2O6/c1-33-20-10-4-6-15-12-21(35-26(15)20)24(30)22-23(18-13-28-19-9-3-2-8-17(18)19)29(27(32)25(22)31)14-16-7-5-11-34-16/h2-13,23,28,31H,14H2,1H3. The van der Waals surface area contributed by atoms with Crippen LogP contribution in [0.15, 0.2) is 93.3 Å². The summed E-state index contributed by atoms with van der Waals surface area (Å²) >= 11 is 0. The molecule has 1 aliphatic rings. The van der Waals surface area contributed by atoms with Gasteiger partial charge in [-0.05, 0) is 30.3 Å². The highest BCUT2D eigenvalue weighted by Gasteiger charge is 2.45. The number of nitrogens with zero attached hydrogens (tertiary/aromatic N) is 1. The van der Waals surface area contributed by atoms with Crippen LogP contribution in [0.4, 0.5) is 0 Å². The smallest absolute Gasteiger partial charge is 0.290 e. The van der Waals surface area contributed by atoms with Crippen LogP contribution in [0.3, 0.4) is 0 Å². The summed E-state index contributed by atoms with van der Waals surface area (Å²) in [5.41, 5.74) is 1.89. The zero-order valence-electron chi connectivity index (χ0n) is 18.6. The number of nitrogens with one attached hydrogen (secondary N) is 1. The summed E-state index contributed by atoms with van der Waals surface area (Å²) in [7, 11) is 1.52. The second kappa shape index (κ2) is 7.95. The molecule has 35 heavy (non-hydrogen) atoms. The summed E-state index contributed by atoms with van der Waals surface area (Å²) in [5.74, 6) is -0.833. The Bertz CT molecular complexity index is 1620. The lowest BCUT2D eigenvalue weighted by atomic mass is 9.94. The van der Waals surface area contributed by atoms with E-state index in [0.29, 0.717) is 28.0 Å². The first-order valence-electron chi connectivity index (χ1n) is 11.0. The van der Waals surface area contributed by atoms with Crippen LogP contribution in [-0.2, 0) is 11.3 Å². The lowest BCUT2D eigenvalue weighted by Crippen LogP contribution is -2.30. The lowest BCUT2D eigenvalue weighted by Gasteiger charge is -2.25. The number of amides is 1. The lowest BCUT2D eigenvalue weighted by molar-refractivity contribution is -0.130. The van der Waals surface area contributed by atoms with Gasteiger partial charge in [-0.25, -0.2) is 0 Å². The summed E-state index contributed by atoms with van der Waals surface area (Å²) < 4.78 is 16.7. The van der Waals surface area contributed by atoms with Crippen molar-refractivity contribution in [1.29, 1.82) is 0 Å². The number of aliphatic hydroxyl groups excluding tert-OH is 1. The predicted octanol–water partition coefficient (Wildman–Crippen LogP) is 5.29. The van der Waals surface area contributed by atoms with Crippen LogP contribution in [0.2, 0.25) is 0 Å². The molecule has 1 amide bonds. The van der Waals surface area contributed by atoms with Gasteiger partial charge in [-0.3, -0.25) is 9.59 Å².